The molecular weight excluding hydrogens is 404 g/mol. The van der Waals surface area contributed by atoms with E-state index in [-0.39, 0.29) is 5.91 Å². The van der Waals surface area contributed by atoms with Gasteiger partial charge in [0.1, 0.15) is 16.3 Å². The fraction of sp³-hybridized carbons (Fsp3) is 0.318. The number of amides is 2. The minimum absolute atomic E-state index is 0.387. The number of fused-ring (bicyclic) bond motifs is 2. The second-order valence-electron chi connectivity index (χ2n) is 7.44. The van der Waals surface area contributed by atoms with Crippen LogP contribution in [0.15, 0.2) is 33.5 Å². The Morgan fingerprint density at radius 2 is 2.00 bits per heavy atom. The molecule has 7 nitrogen and oxygen atoms in total. The zero-order valence-corrected chi connectivity index (χ0v) is 17.6. The first-order chi connectivity index (χ1) is 14.3. The van der Waals surface area contributed by atoms with Crippen molar-refractivity contribution >= 4 is 39.1 Å². The van der Waals surface area contributed by atoms with Crippen LogP contribution in [0.5, 0.6) is 5.75 Å². The van der Waals surface area contributed by atoms with E-state index in [4.69, 9.17) is 14.9 Å². The topological polar surface area (TPSA) is 112 Å². The Kier molecular flexibility index (Phi) is 5.34. The zero-order valence-electron chi connectivity index (χ0n) is 16.7. The second kappa shape index (κ2) is 7.95. The van der Waals surface area contributed by atoms with Gasteiger partial charge >= 0.3 is 5.63 Å². The first-order valence-corrected chi connectivity index (χ1v) is 10.6. The van der Waals surface area contributed by atoms with Crippen LogP contribution >= 0.6 is 11.3 Å². The van der Waals surface area contributed by atoms with E-state index in [9.17, 15) is 14.4 Å². The van der Waals surface area contributed by atoms with Gasteiger partial charge in [0, 0.05) is 22.4 Å². The van der Waals surface area contributed by atoms with Gasteiger partial charge in [0.25, 0.3) is 11.8 Å². The van der Waals surface area contributed by atoms with Gasteiger partial charge in [0.15, 0.2) is 6.10 Å². The number of carbonyl (C=O) groups is 2. The van der Waals surface area contributed by atoms with Crippen molar-refractivity contribution in [1.29, 1.82) is 0 Å². The van der Waals surface area contributed by atoms with E-state index in [1.165, 1.54) is 17.4 Å². The van der Waals surface area contributed by atoms with Crippen LogP contribution in [0.25, 0.3) is 11.0 Å². The van der Waals surface area contributed by atoms with Gasteiger partial charge in [-0.25, -0.2) is 4.79 Å². The highest BCUT2D eigenvalue weighted by atomic mass is 32.1. The first-order valence-electron chi connectivity index (χ1n) is 9.80. The average molecular weight is 426 g/mol. The fourth-order valence-corrected chi connectivity index (χ4v) is 5.06. The Balaban J connectivity index is 1.54. The molecule has 2 amide bonds. The third-order valence-corrected chi connectivity index (χ3v) is 6.47. The summed E-state index contributed by atoms with van der Waals surface area (Å²) in [7, 11) is 0. The highest BCUT2D eigenvalue weighted by Crippen LogP contribution is 2.38. The number of hydrogen-bond donors (Lipinski definition) is 2. The van der Waals surface area contributed by atoms with Crippen molar-refractivity contribution in [2.24, 2.45) is 5.73 Å². The molecule has 4 rings (SSSR count). The van der Waals surface area contributed by atoms with Gasteiger partial charge in [-0.1, -0.05) is 0 Å². The van der Waals surface area contributed by atoms with Gasteiger partial charge in [-0.3, -0.25) is 9.59 Å². The lowest BCUT2D eigenvalue weighted by atomic mass is 9.95. The predicted molar refractivity (Wildman–Crippen MR) is 115 cm³/mol. The molecule has 2 aromatic heterocycles. The third-order valence-electron chi connectivity index (χ3n) is 5.26. The lowest BCUT2D eigenvalue weighted by Gasteiger charge is -2.15. The number of primary amides is 1. The molecular formula is C22H22N2O5S. The molecule has 1 aliphatic carbocycles. The van der Waals surface area contributed by atoms with Crippen LogP contribution in [-0.2, 0) is 17.6 Å². The van der Waals surface area contributed by atoms with Crippen molar-refractivity contribution in [1.82, 2.24) is 0 Å². The van der Waals surface area contributed by atoms with E-state index in [2.05, 4.69) is 5.32 Å². The van der Waals surface area contributed by atoms with E-state index in [1.54, 1.807) is 25.1 Å². The van der Waals surface area contributed by atoms with Crippen molar-refractivity contribution in [2.45, 2.75) is 45.6 Å². The summed E-state index contributed by atoms with van der Waals surface area (Å²) in [5.74, 6) is -0.514. The number of rotatable bonds is 5. The van der Waals surface area contributed by atoms with Crippen LogP contribution in [-0.4, -0.2) is 17.9 Å². The number of anilines is 1. The summed E-state index contributed by atoms with van der Waals surface area (Å²) in [6.45, 7) is 3.44. The summed E-state index contributed by atoms with van der Waals surface area (Å²) >= 11 is 1.41. The molecule has 1 aromatic carbocycles. The van der Waals surface area contributed by atoms with E-state index in [1.807, 2.05) is 6.92 Å². The normalized spacial score (nSPS) is 14.2. The van der Waals surface area contributed by atoms with E-state index < -0.39 is 17.6 Å². The maximum absolute atomic E-state index is 12.7. The van der Waals surface area contributed by atoms with Gasteiger partial charge in [0.2, 0.25) is 0 Å². The molecule has 0 unspecified atom stereocenters. The Hall–Kier alpha value is -3.13. The number of nitrogens with two attached hydrogens (primary N) is 1. The summed E-state index contributed by atoms with van der Waals surface area (Å²) in [5.41, 5.74) is 7.72. The molecule has 0 radical (unpaired) electrons. The number of thiophene rings is 1. The highest BCUT2D eigenvalue weighted by Gasteiger charge is 2.26. The van der Waals surface area contributed by atoms with Gasteiger partial charge in [0.05, 0.1) is 5.56 Å². The number of aryl methyl sites for hydroxylation is 2. The summed E-state index contributed by atoms with van der Waals surface area (Å²) in [6, 6.07) is 6.52. The van der Waals surface area contributed by atoms with Crippen molar-refractivity contribution in [3.05, 3.63) is 56.3 Å². The van der Waals surface area contributed by atoms with Gasteiger partial charge < -0.3 is 20.2 Å². The molecule has 3 aromatic rings. The molecule has 1 aliphatic rings. The summed E-state index contributed by atoms with van der Waals surface area (Å²) in [6.07, 6.45) is 2.93. The molecule has 0 saturated heterocycles. The largest absolute Gasteiger partial charge is 0.481 e. The van der Waals surface area contributed by atoms with E-state index in [0.717, 1.165) is 47.1 Å². The Morgan fingerprint density at radius 3 is 2.77 bits per heavy atom. The Morgan fingerprint density at radius 1 is 1.23 bits per heavy atom. The molecule has 30 heavy (non-hydrogen) atoms. The predicted octanol–water partition coefficient (Wildman–Crippen LogP) is 3.55. The van der Waals surface area contributed by atoms with Crippen LogP contribution < -0.4 is 21.4 Å². The number of ether oxygens (including phenoxy) is 1. The molecule has 1 atom stereocenters. The van der Waals surface area contributed by atoms with Gasteiger partial charge in [-0.05, 0) is 62.8 Å². The van der Waals surface area contributed by atoms with Gasteiger partial charge in [-0.2, -0.15) is 0 Å². The first kappa shape index (κ1) is 20.2. The third kappa shape index (κ3) is 3.82. The summed E-state index contributed by atoms with van der Waals surface area (Å²) in [4.78, 5) is 37.4. The molecule has 156 valence electrons. The van der Waals surface area contributed by atoms with Crippen molar-refractivity contribution in [2.75, 3.05) is 5.32 Å². The molecule has 3 N–H and O–H groups in total. The maximum atomic E-state index is 12.7. The molecule has 0 saturated carbocycles. The second-order valence-corrected chi connectivity index (χ2v) is 8.54. The molecule has 8 heteroatoms. The number of benzene rings is 1. The smallest absolute Gasteiger partial charge is 0.336 e. The quantitative estimate of drug-likeness (QED) is 0.606. The Labute approximate surface area is 176 Å². The molecule has 0 spiro atoms. The summed E-state index contributed by atoms with van der Waals surface area (Å²) in [5, 5.41) is 4.09. The molecule has 0 aliphatic heterocycles. The van der Waals surface area contributed by atoms with Crippen LogP contribution in [0.4, 0.5) is 5.00 Å². The summed E-state index contributed by atoms with van der Waals surface area (Å²) < 4.78 is 11.0. The highest BCUT2D eigenvalue weighted by molar-refractivity contribution is 7.17. The lowest BCUT2D eigenvalue weighted by Crippen LogP contribution is -2.30. The molecule has 0 bridgehead atoms. The van der Waals surface area contributed by atoms with Crippen molar-refractivity contribution in [3.8, 4) is 5.75 Å². The van der Waals surface area contributed by atoms with Crippen molar-refractivity contribution in [3.63, 3.8) is 0 Å². The number of carbonyl (C=O) groups excluding carboxylic acids is 2. The minimum Gasteiger partial charge on any atom is -0.481 e. The monoisotopic (exact) mass is 426 g/mol. The van der Waals surface area contributed by atoms with Crippen LogP contribution in [0.3, 0.4) is 0 Å². The van der Waals surface area contributed by atoms with Crippen LogP contribution in [0.2, 0.25) is 0 Å². The maximum Gasteiger partial charge on any atom is 0.336 e. The standard InChI is InChI=1S/C22H22N2O5S/c1-11-9-18(25)29-16-10-13(7-8-14(11)16)28-12(2)21(27)24-22-19(20(23)26)15-5-3-4-6-17(15)30-22/h7-10,12H,3-6H2,1-2H3,(H2,23,26)(H,24,27)/t12-/m0/s1. The fourth-order valence-electron chi connectivity index (χ4n) is 3.76. The lowest BCUT2D eigenvalue weighted by molar-refractivity contribution is -0.122. The van der Waals surface area contributed by atoms with E-state index >= 15 is 0 Å². The number of hydrogen-bond acceptors (Lipinski definition) is 6. The molecule has 2 heterocycles. The van der Waals surface area contributed by atoms with Crippen LogP contribution in [0, 0.1) is 6.92 Å². The Bertz CT molecular complexity index is 1210. The van der Waals surface area contributed by atoms with Gasteiger partial charge in [-0.15, -0.1) is 11.3 Å². The van der Waals surface area contributed by atoms with Crippen LogP contribution in [0.1, 0.15) is 46.1 Å². The average Bonchev–Trinajstić information content (AvgIpc) is 3.05. The SMILES string of the molecule is Cc1cc(=O)oc2cc(O[C@@H](C)C(=O)Nc3sc4c(c3C(N)=O)CCCC4)ccc12. The van der Waals surface area contributed by atoms with Crippen molar-refractivity contribution < 1.29 is 18.7 Å². The van der Waals surface area contributed by atoms with E-state index in [0.29, 0.717) is 21.9 Å². The zero-order chi connectivity index (χ0) is 21.4. The molecule has 0 fully saturated rings. The minimum atomic E-state index is -0.834. The number of nitrogens with one attached hydrogen (secondary N) is 1.